The molecule has 0 aromatic carbocycles. The standard InChI is InChI=1S/C11H22Br2/c1-5-11(8-12,9-13)7-6-10(2,3)4/h5-9H2,1-4H3. The van der Waals surface area contributed by atoms with Crippen molar-refractivity contribution in [2.45, 2.75) is 47.0 Å². The first-order valence-corrected chi connectivity index (χ1v) is 7.25. The summed E-state index contributed by atoms with van der Waals surface area (Å²) in [6.07, 6.45) is 3.86. The summed E-state index contributed by atoms with van der Waals surface area (Å²) < 4.78 is 0. The van der Waals surface area contributed by atoms with E-state index in [4.69, 9.17) is 0 Å². The second-order valence-corrected chi connectivity index (χ2v) is 6.30. The van der Waals surface area contributed by atoms with E-state index in [9.17, 15) is 0 Å². The van der Waals surface area contributed by atoms with Gasteiger partial charge in [-0.15, -0.1) is 0 Å². The Morgan fingerprint density at radius 2 is 1.38 bits per heavy atom. The van der Waals surface area contributed by atoms with Gasteiger partial charge in [-0.25, -0.2) is 0 Å². The van der Waals surface area contributed by atoms with Gasteiger partial charge in [0.05, 0.1) is 0 Å². The molecule has 0 spiro atoms. The van der Waals surface area contributed by atoms with Gasteiger partial charge in [-0.05, 0) is 30.1 Å². The molecule has 0 atom stereocenters. The summed E-state index contributed by atoms with van der Waals surface area (Å²) in [5.74, 6) is 0. The Kier molecular flexibility index (Phi) is 6.17. The topological polar surface area (TPSA) is 0 Å². The van der Waals surface area contributed by atoms with Crippen molar-refractivity contribution < 1.29 is 0 Å². The predicted molar refractivity (Wildman–Crippen MR) is 69.0 cm³/mol. The monoisotopic (exact) mass is 312 g/mol. The van der Waals surface area contributed by atoms with Crippen LogP contribution in [-0.2, 0) is 0 Å². The normalized spacial score (nSPS) is 13.4. The van der Waals surface area contributed by atoms with E-state index in [2.05, 4.69) is 59.6 Å². The van der Waals surface area contributed by atoms with Gasteiger partial charge in [-0.3, -0.25) is 0 Å². The highest BCUT2D eigenvalue weighted by atomic mass is 79.9. The molecule has 0 N–H and O–H groups in total. The smallest absolute Gasteiger partial charge is 0.00958 e. The summed E-state index contributed by atoms with van der Waals surface area (Å²) in [5.41, 5.74) is 0.929. The summed E-state index contributed by atoms with van der Waals surface area (Å²) in [6, 6.07) is 0. The van der Waals surface area contributed by atoms with Crippen molar-refractivity contribution in [3.05, 3.63) is 0 Å². The molecule has 0 aliphatic heterocycles. The molecular weight excluding hydrogens is 292 g/mol. The zero-order valence-electron chi connectivity index (χ0n) is 9.29. The van der Waals surface area contributed by atoms with Gasteiger partial charge in [0.2, 0.25) is 0 Å². The van der Waals surface area contributed by atoms with Gasteiger partial charge in [0.15, 0.2) is 0 Å². The highest BCUT2D eigenvalue weighted by Gasteiger charge is 2.27. The van der Waals surface area contributed by atoms with Gasteiger partial charge in [0.25, 0.3) is 0 Å². The van der Waals surface area contributed by atoms with Crippen molar-refractivity contribution in [2.75, 3.05) is 10.7 Å². The molecule has 0 saturated carbocycles. The number of hydrogen-bond acceptors (Lipinski definition) is 0. The van der Waals surface area contributed by atoms with Gasteiger partial charge in [0, 0.05) is 10.7 Å². The molecule has 0 amide bonds. The van der Waals surface area contributed by atoms with Gasteiger partial charge in [-0.2, -0.15) is 0 Å². The summed E-state index contributed by atoms with van der Waals surface area (Å²) in [5, 5.41) is 2.22. The van der Waals surface area contributed by atoms with Crippen LogP contribution in [0.2, 0.25) is 0 Å². The largest absolute Gasteiger partial charge is 0.0922 e. The Morgan fingerprint density at radius 1 is 0.923 bits per heavy atom. The van der Waals surface area contributed by atoms with Crippen LogP contribution in [0.5, 0.6) is 0 Å². The van der Waals surface area contributed by atoms with Crippen LogP contribution in [0.1, 0.15) is 47.0 Å². The third-order valence-corrected chi connectivity index (χ3v) is 5.10. The minimum absolute atomic E-state index is 0.463. The fraction of sp³-hybridized carbons (Fsp3) is 1.00. The molecule has 0 rings (SSSR count). The highest BCUT2D eigenvalue weighted by Crippen LogP contribution is 2.36. The average Bonchev–Trinajstić information content (AvgIpc) is 2.06. The molecule has 0 fully saturated rings. The Morgan fingerprint density at radius 3 is 1.62 bits per heavy atom. The van der Waals surface area contributed by atoms with Crippen LogP contribution in [0, 0.1) is 10.8 Å². The first kappa shape index (κ1) is 14.0. The predicted octanol–water partition coefficient (Wildman–Crippen LogP) is 5.00. The zero-order valence-corrected chi connectivity index (χ0v) is 12.5. The van der Waals surface area contributed by atoms with Crippen LogP contribution in [0.25, 0.3) is 0 Å². The number of hydrogen-bond donors (Lipinski definition) is 0. The van der Waals surface area contributed by atoms with E-state index in [-0.39, 0.29) is 0 Å². The fourth-order valence-corrected chi connectivity index (χ4v) is 3.46. The molecule has 0 aliphatic carbocycles. The minimum Gasteiger partial charge on any atom is -0.0922 e. The summed E-state index contributed by atoms with van der Waals surface area (Å²) in [7, 11) is 0. The van der Waals surface area contributed by atoms with E-state index in [0.29, 0.717) is 10.8 Å². The lowest BCUT2D eigenvalue weighted by molar-refractivity contribution is 0.261. The average molecular weight is 314 g/mol. The molecule has 0 aromatic rings. The van der Waals surface area contributed by atoms with Crippen molar-refractivity contribution in [1.29, 1.82) is 0 Å². The molecule has 0 bridgehead atoms. The number of alkyl halides is 2. The Labute approximate surface area is 100 Å². The van der Waals surface area contributed by atoms with Crippen LogP contribution in [0.4, 0.5) is 0 Å². The Bertz CT molecular complexity index is 123. The first-order valence-electron chi connectivity index (χ1n) is 5.01. The molecule has 0 aromatic heterocycles. The van der Waals surface area contributed by atoms with Crippen molar-refractivity contribution in [1.82, 2.24) is 0 Å². The summed E-state index contributed by atoms with van der Waals surface area (Å²) in [4.78, 5) is 0. The van der Waals surface area contributed by atoms with Crippen LogP contribution < -0.4 is 0 Å². The molecule has 0 aliphatic rings. The molecule has 0 radical (unpaired) electrons. The van der Waals surface area contributed by atoms with Crippen molar-refractivity contribution >= 4 is 31.9 Å². The van der Waals surface area contributed by atoms with Crippen molar-refractivity contribution in [3.8, 4) is 0 Å². The maximum Gasteiger partial charge on any atom is 0.00958 e. The quantitative estimate of drug-likeness (QED) is 0.627. The fourth-order valence-electron chi connectivity index (χ4n) is 1.18. The lowest BCUT2D eigenvalue weighted by Crippen LogP contribution is -2.25. The van der Waals surface area contributed by atoms with Crippen LogP contribution in [-0.4, -0.2) is 10.7 Å². The van der Waals surface area contributed by atoms with E-state index < -0.39 is 0 Å². The molecule has 80 valence electrons. The maximum absolute atomic E-state index is 3.63. The van der Waals surface area contributed by atoms with Crippen molar-refractivity contribution in [2.24, 2.45) is 10.8 Å². The van der Waals surface area contributed by atoms with E-state index in [0.717, 1.165) is 10.7 Å². The van der Waals surface area contributed by atoms with E-state index in [1.165, 1.54) is 19.3 Å². The van der Waals surface area contributed by atoms with Gasteiger partial charge < -0.3 is 0 Å². The third kappa shape index (κ3) is 5.41. The molecule has 0 unspecified atom stereocenters. The SMILES string of the molecule is CCC(CBr)(CBr)CCC(C)(C)C. The maximum atomic E-state index is 3.63. The molecule has 0 heterocycles. The summed E-state index contributed by atoms with van der Waals surface area (Å²) in [6.45, 7) is 9.23. The molecule has 0 nitrogen and oxygen atoms in total. The van der Waals surface area contributed by atoms with E-state index in [1.807, 2.05) is 0 Å². The Balaban J connectivity index is 4.11. The lowest BCUT2D eigenvalue weighted by Gasteiger charge is -2.31. The Hall–Kier alpha value is 0.960. The second-order valence-electron chi connectivity index (χ2n) is 5.18. The second kappa shape index (κ2) is 5.75. The molecular formula is C11H22Br2. The van der Waals surface area contributed by atoms with E-state index >= 15 is 0 Å². The van der Waals surface area contributed by atoms with Gasteiger partial charge in [0.1, 0.15) is 0 Å². The molecule has 13 heavy (non-hydrogen) atoms. The molecule has 0 saturated heterocycles. The first-order chi connectivity index (χ1) is 5.89. The number of halogens is 2. The van der Waals surface area contributed by atoms with Gasteiger partial charge in [-0.1, -0.05) is 59.6 Å². The minimum atomic E-state index is 0.463. The van der Waals surface area contributed by atoms with Crippen LogP contribution in [0.3, 0.4) is 0 Å². The van der Waals surface area contributed by atoms with Crippen LogP contribution in [0.15, 0.2) is 0 Å². The third-order valence-electron chi connectivity index (χ3n) is 2.72. The highest BCUT2D eigenvalue weighted by molar-refractivity contribution is 9.09. The van der Waals surface area contributed by atoms with E-state index in [1.54, 1.807) is 0 Å². The van der Waals surface area contributed by atoms with Gasteiger partial charge >= 0.3 is 0 Å². The lowest BCUT2D eigenvalue weighted by atomic mass is 9.78. The van der Waals surface area contributed by atoms with Crippen LogP contribution >= 0.6 is 31.9 Å². The zero-order chi connectivity index (χ0) is 10.5. The number of rotatable bonds is 5. The summed E-state index contributed by atoms with van der Waals surface area (Å²) >= 11 is 7.26. The molecule has 2 heteroatoms. The van der Waals surface area contributed by atoms with Crippen molar-refractivity contribution in [3.63, 3.8) is 0 Å².